The van der Waals surface area contributed by atoms with Crippen molar-refractivity contribution in [2.75, 3.05) is 54.1 Å². The van der Waals surface area contributed by atoms with Crippen LogP contribution >= 0.6 is 0 Å². The highest BCUT2D eigenvalue weighted by Gasteiger charge is 2.11. The first-order valence-electron chi connectivity index (χ1n) is 13.2. The average molecular weight is 512 g/mol. The molecule has 0 aliphatic rings. The first-order chi connectivity index (χ1) is 17.9. The Hall–Kier alpha value is -2.94. The summed E-state index contributed by atoms with van der Waals surface area (Å²) in [5.74, 6) is 0.859. The Kier molecular flexibility index (Phi) is 14.3. The predicted octanol–water partition coefficient (Wildman–Crippen LogP) is 3.58. The molecule has 2 rings (SSSR count). The van der Waals surface area contributed by atoms with Crippen molar-refractivity contribution in [3.8, 4) is 16.9 Å². The molecule has 0 aromatic heterocycles. The second kappa shape index (κ2) is 17.5. The van der Waals surface area contributed by atoms with Gasteiger partial charge in [0.15, 0.2) is 5.96 Å². The molecule has 0 aliphatic carbocycles. The zero-order valence-electron chi connectivity index (χ0n) is 23.0. The molecule has 204 valence electrons. The molecule has 0 unspecified atom stereocenters. The van der Waals surface area contributed by atoms with Crippen LogP contribution in [0.25, 0.3) is 11.1 Å². The number of ether oxygens (including phenoxy) is 2. The molecule has 0 saturated carbocycles. The molecule has 0 atom stereocenters. The quantitative estimate of drug-likeness (QED) is 0.171. The summed E-state index contributed by atoms with van der Waals surface area (Å²) in [5, 5.41) is 6.15. The number of rotatable bonds is 17. The fourth-order valence-electron chi connectivity index (χ4n) is 3.66. The van der Waals surface area contributed by atoms with Crippen LogP contribution in [0.15, 0.2) is 47.5 Å². The normalized spacial score (nSPS) is 11.6. The smallest absolute Gasteiger partial charge is 0.226 e. The SMILES string of the molecule is CCCCN=C(N)NC(=O)CCc1ccc(-c2ccc(CNCCN(C)C)cc2)c(OCCCOC)c1. The van der Waals surface area contributed by atoms with E-state index in [1.165, 1.54) is 5.56 Å². The fourth-order valence-corrected chi connectivity index (χ4v) is 3.66. The summed E-state index contributed by atoms with van der Waals surface area (Å²) in [6.45, 7) is 6.72. The van der Waals surface area contributed by atoms with Crippen LogP contribution in [0, 0.1) is 0 Å². The Labute approximate surface area is 222 Å². The van der Waals surface area contributed by atoms with Crippen LogP contribution in [0.3, 0.4) is 0 Å². The molecule has 8 nitrogen and oxygen atoms in total. The van der Waals surface area contributed by atoms with Crippen LogP contribution in [0.2, 0.25) is 0 Å². The lowest BCUT2D eigenvalue weighted by molar-refractivity contribution is -0.119. The summed E-state index contributed by atoms with van der Waals surface area (Å²) < 4.78 is 11.3. The summed E-state index contributed by atoms with van der Waals surface area (Å²) in [5.41, 5.74) is 10.2. The summed E-state index contributed by atoms with van der Waals surface area (Å²) in [4.78, 5) is 18.7. The first-order valence-corrected chi connectivity index (χ1v) is 13.2. The van der Waals surface area contributed by atoms with Gasteiger partial charge in [-0.2, -0.15) is 0 Å². The van der Waals surface area contributed by atoms with Crippen LogP contribution in [0.4, 0.5) is 0 Å². The molecule has 8 heteroatoms. The Morgan fingerprint density at radius 1 is 1.05 bits per heavy atom. The van der Waals surface area contributed by atoms with Crippen LogP contribution < -0.4 is 21.1 Å². The van der Waals surface area contributed by atoms with Gasteiger partial charge in [0.25, 0.3) is 0 Å². The third-order valence-electron chi connectivity index (χ3n) is 5.83. The third kappa shape index (κ3) is 12.2. The number of aliphatic imine (C=N–C) groups is 1. The number of nitrogens with two attached hydrogens (primary N) is 1. The molecule has 0 bridgehead atoms. The summed E-state index contributed by atoms with van der Waals surface area (Å²) in [6, 6.07) is 14.7. The van der Waals surface area contributed by atoms with Crippen molar-refractivity contribution in [1.82, 2.24) is 15.5 Å². The maximum absolute atomic E-state index is 12.3. The molecule has 1 amide bonds. The van der Waals surface area contributed by atoms with Crippen molar-refractivity contribution in [2.45, 2.75) is 45.6 Å². The standard InChI is InChI=1S/C29H45N5O3/c1-5-6-16-32-29(30)33-28(35)15-11-23-10-14-26(27(21-23)37-20-7-19-36-4)25-12-8-24(9-13-25)22-31-17-18-34(2)3/h8-10,12-14,21,31H,5-7,11,15-20,22H2,1-4H3,(H3,30,32,33,35). The van der Waals surface area contributed by atoms with Gasteiger partial charge >= 0.3 is 0 Å². The van der Waals surface area contributed by atoms with Gasteiger partial charge in [0.2, 0.25) is 5.91 Å². The molecule has 0 spiro atoms. The van der Waals surface area contributed by atoms with Crippen molar-refractivity contribution in [3.05, 3.63) is 53.6 Å². The maximum Gasteiger partial charge on any atom is 0.226 e. The van der Waals surface area contributed by atoms with E-state index in [2.05, 4.69) is 77.9 Å². The monoisotopic (exact) mass is 511 g/mol. The predicted molar refractivity (Wildman–Crippen MR) is 152 cm³/mol. The van der Waals surface area contributed by atoms with Gasteiger partial charge in [-0.3, -0.25) is 15.1 Å². The van der Waals surface area contributed by atoms with Gasteiger partial charge in [0, 0.05) is 58.3 Å². The Bertz CT molecular complexity index is 961. The Morgan fingerprint density at radius 2 is 1.81 bits per heavy atom. The fraction of sp³-hybridized carbons (Fsp3) is 0.517. The Balaban J connectivity index is 2.04. The van der Waals surface area contributed by atoms with E-state index in [1.54, 1.807) is 7.11 Å². The number of nitrogens with zero attached hydrogens (tertiary/aromatic N) is 2. The number of hydrogen-bond acceptors (Lipinski definition) is 6. The molecule has 0 aliphatic heterocycles. The van der Waals surface area contributed by atoms with Gasteiger partial charge in [0.1, 0.15) is 5.75 Å². The molecule has 4 N–H and O–H groups in total. The van der Waals surface area contributed by atoms with Crippen molar-refractivity contribution in [2.24, 2.45) is 10.7 Å². The summed E-state index contributed by atoms with van der Waals surface area (Å²) in [6.07, 6.45) is 3.69. The number of likely N-dealkylation sites (N-methyl/N-ethyl adjacent to an activating group) is 1. The van der Waals surface area contributed by atoms with Gasteiger partial charge in [-0.15, -0.1) is 0 Å². The molecule has 0 radical (unpaired) electrons. The van der Waals surface area contributed by atoms with E-state index >= 15 is 0 Å². The van der Waals surface area contributed by atoms with E-state index in [1.807, 2.05) is 6.07 Å². The second-order valence-corrected chi connectivity index (χ2v) is 9.37. The third-order valence-corrected chi connectivity index (χ3v) is 5.83. The number of carbonyl (C=O) groups is 1. The van der Waals surface area contributed by atoms with Gasteiger partial charge in [0.05, 0.1) is 6.61 Å². The van der Waals surface area contributed by atoms with Crippen LogP contribution in [0.5, 0.6) is 5.75 Å². The van der Waals surface area contributed by atoms with Gasteiger partial charge < -0.3 is 25.4 Å². The van der Waals surface area contributed by atoms with Crippen molar-refractivity contribution in [3.63, 3.8) is 0 Å². The largest absolute Gasteiger partial charge is 0.493 e. The minimum absolute atomic E-state index is 0.140. The number of hydrogen-bond donors (Lipinski definition) is 3. The number of methoxy groups -OCH3 is 1. The minimum atomic E-state index is -0.140. The number of carbonyl (C=O) groups excluding carboxylic acids is 1. The van der Waals surface area contributed by atoms with Gasteiger partial charge in [-0.1, -0.05) is 49.7 Å². The van der Waals surface area contributed by atoms with Crippen LogP contribution in [0.1, 0.15) is 43.7 Å². The summed E-state index contributed by atoms with van der Waals surface area (Å²) >= 11 is 0. The zero-order valence-corrected chi connectivity index (χ0v) is 23.0. The molecule has 37 heavy (non-hydrogen) atoms. The zero-order chi connectivity index (χ0) is 26.9. The van der Waals surface area contributed by atoms with E-state index in [-0.39, 0.29) is 11.9 Å². The first kappa shape index (κ1) is 30.3. The van der Waals surface area contributed by atoms with Gasteiger partial charge in [-0.05, 0) is 49.7 Å². The average Bonchev–Trinajstić information content (AvgIpc) is 2.88. The topological polar surface area (TPSA) is 101 Å². The second-order valence-electron chi connectivity index (χ2n) is 9.37. The lowest BCUT2D eigenvalue weighted by atomic mass is 9.99. The molecule has 0 saturated heterocycles. The molecule has 2 aromatic carbocycles. The van der Waals surface area contributed by atoms with Crippen molar-refractivity contribution in [1.29, 1.82) is 0 Å². The molecule has 0 heterocycles. The molecule has 0 fully saturated rings. The van der Waals surface area contributed by atoms with Crippen LogP contribution in [-0.2, 0) is 22.5 Å². The Morgan fingerprint density at radius 3 is 2.51 bits per heavy atom. The molecular formula is C29H45N5O3. The van der Waals surface area contributed by atoms with E-state index in [0.29, 0.717) is 32.6 Å². The van der Waals surface area contributed by atoms with Crippen molar-refractivity contribution < 1.29 is 14.3 Å². The highest BCUT2D eigenvalue weighted by molar-refractivity contribution is 5.96. The van der Waals surface area contributed by atoms with Crippen molar-refractivity contribution >= 4 is 11.9 Å². The van der Waals surface area contributed by atoms with Gasteiger partial charge in [-0.25, -0.2) is 0 Å². The number of amides is 1. The van der Waals surface area contributed by atoms with E-state index < -0.39 is 0 Å². The van der Waals surface area contributed by atoms with E-state index in [4.69, 9.17) is 15.2 Å². The minimum Gasteiger partial charge on any atom is -0.493 e. The lowest BCUT2D eigenvalue weighted by Crippen LogP contribution is -2.37. The van der Waals surface area contributed by atoms with E-state index in [9.17, 15) is 4.79 Å². The molecule has 2 aromatic rings. The number of aryl methyl sites for hydroxylation is 1. The van der Waals surface area contributed by atoms with E-state index in [0.717, 1.165) is 61.3 Å². The number of unbranched alkanes of at least 4 members (excludes halogenated alkanes) is 1. The molecular weight excluding hydrogens is 466 g/mol. The number of benzene rings is 2. The lowest BCUT2D eigenvalue weighted by Gasteiger charge is -2.15. The number of nitrogens with one attached hydrogen (secondary N) is 2. The highest BCUT2D eigenvalue weighted by Crippen LogP contribution is 2.32. The summed E-state index contributed by atoms with van der Waals surface area (Å²) in [7, 11) is 5.84. The highest BCUT2D eigenvalue weighted by atomic mass is 16.5. The number of guanidine groups is 1. The van der Waals surface area contributed by atoms with Crippen LogP contribution in [-0.4, -0.2) is 70.8 Å². The maximum atomic E-state index is 12.3.